The molecule has 164 valence electrons. The van der Waals surface area contributed by atoms with Crippen LogP contribution in [-0.2, 0) is 21.4 Å². The van der Waals surface area contributed by atoms with Crippen LogP contribution in [0.3, 0.4) is 0 Å². The first kappa shape index (κ1) is 23.3. The van der Waals surface area contributed by atoms with Crippen molar-refractivity contribution in [1.82, 2.24) is 10.0 Å². The van der Waals surface area contributed by atoms with E-state index in [0.29, 0.717) is 17.2 Å². The van der Waals surface area contributed by atoms with Gasteiger partial charge in [-0.15, -0.1) is 0 Å². The van der Waals surface area contributed by atoms with Crippen LogP contribution in [-0.4, -0.2) is 48.8 Å². The third-order valence-corrected chi connectivity index (χ3v) is 5.84. The minimum Gasteiger partial charge on any atom is -0.493 e. The van der Waals surface area contributed by atoms with Crippen LogP contribution in [0.25, 0.3) is 0 Å². The molecule has 0 saturated heterocycles. The number of hydrogen-bond donors (Lipinski definition) is 2. The molecule has 1 amide bonds. The summed E-state index contributed by atoms with van der Waals surface area (Å²) in [6.45, 7) is 1.66. The van der Waals surface area contributed by atoms with E-state index in [-0.39, 0.29) is 17.2 Å². The van der Waals surface area contributed by atoms with Gasteiger partial charge in [0.2, 0.25) is 15.9 Å². The third-order valence-electron chi connectivity index (χ3n) is 4.31. The lowest BCUT2D eigenvalue weighted by Crippen LogP contribution is -2.44. The SMILES string of the molecule is COc1ccc(CNC(=O)[C@H](C)NS(=O)(=O)c2ccc(OC)c(OC)c2)cc1OC. The van der Waals surface area contributed by atoms with Crippen molar-refractivity contribution in [3.05, 3.63) is 42.0 Å². The number of sulfonamides is 1. The van der Waals surface area contributed by atoms with Crippen LogP contribution in [0.2, 0.25) is 0 Å². The third kappa shape index (κ3) is 5.55. The molecule has 1 atom stereocenters. The van der Waals surface area contributed by atoms with Crippen molar-refractivity contribution in [3.63, 3.8) is 0 Å². The Morgan fingerprint density at radius 1 is 0.867 bits per heavy atom. The van der Waals surface area contributed by atoms with E-state index >= 15 is 0 Å². The number of amides is 1. The summed E-state index contributed by atoms with van der Waals surface area (Å²) < 4.78 is 48.3. The lowest BCUT2D eigenvalue weighted by Gasteiger charge is -2.16. The summed E-state index contributed by atoms with van der Waals surface area (Å²) in [5, 5.41) is 2.70. The molecule has 0 fully saturated rings. The highest BCUT2D eigenvalue weighted by atomic mass is 32.2. The number of carbonyl (C=O) groups excluding carboxylic acids is 1. The average molecular weight is 439 g/mol. The number of hydrogen-bond acceptors (Lipinski definition) is 7. The maximum absolute atomic E-state index is 12.6. The van der Waals surface area contributed by atoms with Crippen molar-refractivity contribution in [3.8, 4) is 23.0 Å². The van der Waals surface area contributed by atoms with E-state index in [2.05, 4.69) is 10.0 Å². The van der Waals surface area contributed by atoms with Gasteiger partial charge in [-0.3, -0.25) is 4.79 Å². The van der Waals surface area contributed by atoms with Crippen LogP contribution in [0.1, 0.15) is 12.5 Å². The molecule has 10 heteroatoms. The van der Waals surface area contributed by atoms with Crippen LogP contribution >= 0.6 is 0 Å². The molecule has 0 aromatic heterocycles. The van der Waals surface area contributed by atoms with Crippen LogP contribution in [0.5, 0.6) is 23.0 Å². The Morgan fingerprint density at radius 2 is 1.40 bits per heavy atom. The van der Waals surface area contributed by atoms with Gasteiger partial charge < -0.3 is 24.3 Å². The average Bonchev–Trinajstić information content (AvgIpc) is 2.76. The van der Waals surface area contributed by atoms with Gasteiger partial charge in [-0.05, 0) is 36.8 Å². The fourth-order valence-corrected chi connectivity index (χ4v) is 3.89. The quantitative estimate of drug-likeness (QED) is 0.581. The summed E-state index contributed by atoms with van der Waals surface area (Å²) in [6.07, 6.45) is 0. The molecule has 0 saturated carbocycles. The molecule has 0 aliphatic heterocycles. The van der Waals surface area contributed by atoms with Crippen molar-refractivity contribution >= 4 is 15.9 Å². The highest BCUT2D eigenvalue weighted by molar-refractivity contribution is 7.89. The molecule has 0 bridgehead atoms. The highest BCUT2D eigenvalue weighted by Crippen LogP contribution is 2.29. The van der Waals surface area contributed by atoms with E-state index in [1.165, 1.54) is 53.6 Å². The fraction of sp³-hybridized carbons (Fsp3) is 0.350. The van der Waals surface area contributed by atoms with Gasteiger partial charge in [0, 0.05) is 12.6 Å². The lowest BCUT2D eigenvalue weighted by atomic mass is 10.2. The Balaban J connectivity index is 2.04. The summed E-state index contributed by atoms with van der Waals surface area (Å²) in [7, 11) is 1.97. The van der Waals surface area contributed by atoms with Crippen LogP contribution in [0.15, 0.2) is 41.3 Å². The Kier molecular flexibility index (Phi) is 7.90. The van der Waals surface area contributed by atoms with Crippen molar-refractivity contribution in [2.45, 2.75) is 24.4 Å². The molecular weight excluding hydrogens is 412 g/mol. The second kappa shape index (κ2) is 10.2. The lowest BCUT2D eigenvalue weighted by molar-refractivity contribution is -0.122. The van der Waals surface area contributed by atoms with E-state index in [4.69, 9.17) is 18.9 Å². The van der Waals surface area contributed by atoms with E-state index in [1.54, 1.807) is 18.2 Å². The van der Waals surface area contributed by atoms with Crippen LogP contribution in [0.4, 0.5) is 0 Å². The largest absolute Gasteiger partial charge is 0.493 e. The molecule has 0 aliphatic carbocycles. The molecule has 9 nitrogen and oxygen atoms in total. The zero-order valence-electron chi connectivity index (χ0n) is 17.5. The Morgan fingerprint density at radius 3 is 1.97 bits per heavy atom. The first-order valence-electron chi connectivity index (χ1n) is 8.98. The van der Waals surface area contributed by atoms with E-state index in [9.17, 15) is 13.2 Å². The molecule has 2 rings (SSSR count). The predicted octanol–water partition coefficient (Wildman–Crippen LogP) is 1.70. The smallest absolute Gasteiger partial charge is 0.241 e. The minimum absolute atomic E-state index is 0.0420. The van der Waals surface area contributed by atoms with Gasteiger partial charge in [0.25, 0.3) is 0 Å². The maximum Gasteiger partial charge on any atom is 0.241 e. The summed E-state index contributed by atoms with van der Waals surface area (Å²) >= 11 is 0. The molecule has 2 aromatic rings. The first-order valence-corrected chi connectivity index (χ1v) is 10.5. The van der Waals surface area contributed by atoms with Crippen LogP contribution < -0.4 is 29.0 Å². The Hall–Kier alpha value is -2.98. The topological polar surface area (TPSA) is 112 Å². The number of methoxy groups -OCH3 is 4. The molecule has 0 unspecified atom stereocenters. The van der Waals surface area contributed by atoms with Gasteiger partial charge >= 0.3 is 0 Å². The van der Waals surface area contributed by atoms with E-state index < -0.39 is 22.0 Å². The molecule has 2 aromatic carbocycles. The Labute approximate surface area is 176 Å². The highest BCUT2D eigenvalue weighted by Gasteiger charge is 2.23. The molecule has 2 N–H and O–H groups in total. The molecular formula is C20H26N2O7S. The molecule has 0 aliphatic rings. The standard InChI is InChI=1S/C20H26N2O7S/c1-13(20(23)21-12-14-6-8-16(26-2)18(10-14)28-4)22-30(24,25)15-7-9-17(27-3)19(11-15)29-5/h6-11,13,22H,12H2,1-5H3,(H,21,23)/t13-/m0/s1. The minimum atomic E-state index is -3.95. The van der Waals surface area contributed by atoms with Crippen molar-refractivity contribution < 1.29 is 32.2 Å². The molecule has 0 spiro atoms. The summed E-state index contributed by atoms with van der Waals surface area (Å²) in [5.74, 6) is 1.30. The predicted molar refractivity (Wildman–Crippen MR) is 111 cm³/mol. The van der Waals surface area contributed by atoms with Crippen molar-refractivity contribution in [2.75, 3.05) is 28.4 Å². The second-order valence-electron chi connectivity index (χ2n) is 6.27. The summed E-state index contributed by atoms with van der Waals surface area (Å²) in [5.41, 5.74) is 0.774. The van der Waals surface area contributed by atoms with E-state index in [0.717, 1.165) is 5.56 Å². The molecule has 0 radical (unpaired) electrons. The maximum atomic E-state index is 12.6. The van der Waals surface area contributed by atoms with Crippen molar-refractivity contribution in [1.29, 1.82) is 0 Å². The first-order chi connectivity index (χ1) is 14.2. The van der Waals surface area contributed by atoms with Gasteiger partial charge in [0.15, 0.2) is 23.0 Å². The number of ether oxygens (including phenoxy) is 4. The summed E-state index contributed by atoms with van der Waals surface area (Å²) in [6, 6.07) is 8.42. The van der Waals surface area contributed by atoms with Crippen molar-refractivity contribution in [2.24, 2.45) is 0 Å². The number of benzene rings is 2. The zero-order chi connectivity index (χ0) is 22.3. The van der Waals surface area contributed by atoms with Gasteiger partial charge in [-0.25, -0.2) is 8.42 Å². The number of nitrogens with one attached hydrogen (secondary N) is 2. The number of rotatable bonds is 10. The molecule has 0 heterocycles. The molecule has 30 heavy (non-hydrogen) atoms. The van der Waals surface area contributed by atoms with Crippen LogP contribution in [0, 0.1) is 0 Å². The number of carbonyl (C=O) groups is 1. The van der Waals surface area contributed by atoms with Gasteiger partial charge in [-0.2, -0.15) is 4.72 Å². The van der Waals surface area contributed by atoms with Gasteiger partial charge in [0.1, 0.15) is 0 Å². The van der Waals surface area contributed by atoms with Gasteiger partial charge in [-0.1, -0.05) is 6.07 Å². The van der Waals surface area contributed by atoms with E-state index in [1.807, 2.05) is 0 Å². The fourth-order valence-electron chi connectivity index (χ4n) is 2.67. The Bertz CT molecular complexity index is 993. The summed E-state index contributed by atoms with van der Waals surface area (Å²) in [4.78, 5) is 12.3. The monoisotopic (exact) mass is 438 g/mol. The zero-order valence-corrected chi connectivity index (χ0v) is 18.3. The normalized spacial score (nSPS) is 12.0. The second-order valence-corrected chi connectivity index (χ2v) is 7.98. The van der Waals surface area contributed by atoms with Gasteiger partial charge in [0.05, 0.1) is 39.4 Å².